The number of nitrogens with zero attached hydrogens (tertiary/aromatic N) is 2. The summed E-state index contributed by atoms with van der Waals surface area (Å²) in [5.74, 6) is 1.49. The van der Waals surface area contributed by atoms with E-state index in [1.165, 1.54) is 13.3 Å². The summed E-state index contributed by atoms with van der Waals surface area (Å²) in [5.41, 5.74) is 3.87. The number of benzene rings is 1. The minimum Gasteiger partial charge on any atom is -0.490 e. The first-order chi connectivity index (χ1) is 18.3. The van der Waals surface area contributed by atoms with Crippen molar-refractivity contribution in [2.45, 2.75) is 40.0 Å². The molecule has 2 heterocycles. The number of methoxy groups -OCH3 is 1. The third-order valence-electron chi connectivity index (χ3n) is 5.78. The van der Waals surface area contributed by atoms with Crippen LogP contribution in [0.1, 0.15) is 45.1 Å². The standard InChI is InChI=1S/C26H35N5O7/c1-6-31(7-2)22-12-10-18(38-22)14-27-30-21(32)15-37-19-11-9-17(13-20(19)36-8-3)24-23(25(33)35-5)16(4)28-26(34)29-24/h9-14,21,24,30,32H,6-8,15H2,1-5H3,(H2,28,29,34)/b27-14-/t21-,24-/m0/s1. The van der Waals surface area contributed by atoms with Crippen LogP contribution in [0.4, 0.5) is 10.7 Å². The van der Waals surface area contributed by atoms with Gasteiger partial charge in [0.15, 0.2) is 23.6 Å². The predicted octanol–water partition coefficient (Wildman–Crippen LogP) is 2.65. The molecule has 2 amide bonds. The molecule has 12 nitrogen and oxygen atoms in total. The Morgan fingerprint density at radius 3 is 2.66 bits per heavy atom. The van der Waals surface area contributed by atoms with Gasteiger partial charge >= 0.3 is 12.0 Å². The van der Waals surface area contributed by atoms with Crippen LogP contribution in [0.2, 0.25) is 0 Å². The molecule has 0 aliphatic carbocycles. The van der Waals surface area contributed by atoms with Crippen LogP contribution in [0.15, 0.2) is 51.1 Å². The van der Waals surface area contributed by atoms with E-state index in [0.29, 0.717) is 35.1 Å². The molecular formula is C26H35N5O7. The van der Waals surface area contributed by atoms with Gasteiger partial charge in [0.05, 0.1) is 31.5 Å². The van der Waals surface area contributed by atoms with Gasteiger partial charge in [-0.25, -0.2) is 9.59 Å². The van der Waals surface area contributed by atoms with Crippen molar-refractivity contribution in [3.8, 4) is 11.5 Å². The number of rotatable bonds is 13. The van der Waals surface area contributed by atoms with Crippen LogP contribution < -0.4 is 30.4 Å². The summed E-state index contributed by atoms with van der Waals surface area (Å²) in [7, 11) is 1.28. The first-order valence-corrected chi connectivity index (χ1v) is 12.4. The number of allylic oxidation sites excluding steroid dienone is 1. The van der Waals surface area contributed by atoms with Crippen LogP contribution in [-0.4, -0.2) is 63.0 Å². The van der Waals surface area contributed by atoms with Crippen molar-refractivity contribution in [1.29, 1.82) is 0 Å². The van der Waals surface area contributed by atoms with Crippen molar-refractivity contribution in [2.75, 3.05) is 38.3 Å². The Balaban J connectivity index is 1.66. The van der Waals surface area contributed by atoms with Crippen molar-refractivity contribution in [3.63, 3.8) is 0 Å². The summed E-state index contributed by atoms with van der Waals surface area (Å²) >= 11 is 0. The van der Waals surface area contributed by atoms with Crippen LogP contribution in [0.3, 0.4) is 0 Å². The van der Waals surface area contributed by atoms with Gasteiger partial charge in [-0.15, -0.1) is 0 Å². The van der Waals surface area contributed by atoms with E-state index in [9.17, 15) is 14.7 Å². The molecule has 3 rings (SSSR count). The Kier molecular flexibility index (Phi) is 9.99. The number of nitrogens with one attached hydrogen (secondary N) is 3. The van der Waals surface area contributed by atoms with Gasteiger partial charge in [0.25, 0.3) is 0 Å². The molecule has 2 atom stereocenters. The second-order valence-electron chi connectivity index (χ2n) is 8.26. The molecule has 12 heteroatoms. The van der Waals surface area contributed by atoms with Crippen molar-refractivity contribution >= 4 is 24.1 Å². The molecule has 1 aliphatic heterocycles. The highest BCUT2D eigenvalue weighted by Gasteiger charge is 2.32. The first-order valence-electron chi connectivity index (χ1n) is 12.4. The number of hydrogen-bond donors (Lipinski definition) is 4. The summed E-state index contributed by atoms with van der Waals surface area (Å²) in [5, 5.41) is 19.6. The molecule has 0 radical (unpaired) electrons. The molecular weight excluding hydrogens is 494 g/mol. The summed E-state index contributed by atoms with van der Waals surface area (Å²) < 4.78 is 22.1. The van der Waals surface area contributed by atoms with E-state index in [1.54, 1.807) is 31.2 Å². The zero-order valence-corrected chi connectivity index (χ0v) is 22.2. The molecule has 4 N–H and O–H groups in total. The predicted molar refractivity (Wildman–Crippen MR) is 141 cm³/mol. The maximum atomic E-state index is 12.4. The number of aliphatic hydroxyl groups is 1. The highest BCUT2D eigenvalue weighted by molar-refractivity contribution is 5.95. The molecule has 2 aromatic rings. The summed E-state index contributed by atoms with van der Waals surface area (Å²) in [4.78, 5) is 26.5. The van der Waals surface area contributed by atoms with E-state index < -0.39 is 24.3 Å². The van der Waals surface area contributed by atoms with E-state index in [1.807, 2.05) is 26.8 Å². The van der Waals surface area contributed by atoms with E-state index in [2.05, 4.69) is 26.1 Å². The minimum absolute atomic E-state index is 0.129. The molecule has 0 bridgehead atoms. The topological polar surface area (TPSA) is 147 Å². The van der Waals surface area contributed by atoms with Crippen molar-refractivity contribution in [3.05, 3.63) is 52.9 Å². The lowest BCUT2D eigenvalue weighted by Crippen LogP contribution is -2.45. The quantitative estimate of drug-likeness (QED) is 0.133. The Morgan fingerprint density at radius 1 is 1.21 bits per heavy atom. The van der Waals surface area contributed by atoms with Crippen LogP contribution in [0, 0.1) is 0 Å². The van der Waals surface area contributed by atoms with Gasteiger partial charge < -0.3 is 39.3 Å². The van der Waals surface area contributed by atoms with Gasteiger partial charge in [0.2, 0.25) is 0 Å². The highest BCUT2D eigenvalue weighted by atomic mass is 16.5. The zero-order valence-electron chi connectivity index (χ0n) is 22.2. The average molecular weight is 530 g/mol. The fourth-order valence-corrected chi connectivity index (χ4v) is 3.93. The van der Waals surface area contributed by atoms with Gasteiger partial charge in [-0.3, -0.25) is 5.43 Å². The lowest BCUT2D eigenvalue weighted by molar-refractivity contribution is -0.136. The molecule has 1 aromatic carbocycles. The molecule has 0 spiro atoms. The first kappa shape index (κ1) is 28.4. The Labute approximate surface area is 221 Å². The van der Waals surface area contributed by atoms with Gasteiger partial charge in [-0.05, 0) is 51.5 Å². The Morgan fingerprint density at radius 2 is 1.97 bits per heavy atom. The molecule has 1 aromatic heterocycles. The fraction of sp³-hybridized carbons (Fsp3) is 0.423. The van der Waals surface area contributed by atoms with E-state index in [-0.39, 0.29) is 12.2 Å². The van der Waals surface area contributed by atoms with E-state index in [0.717, 1.165) is 19.0 Å². The Bertz CT molecular complexity index is 1170. The number of furan rings is 1. The average Bonchev–Trinajstić information content (AvgIpc) is 3.36. The lowest BCUT2D eigenvalue weighted by Gasteiger charge is -2.28. The number of anilines is 1. The zero-order chi connectivity index (χ0) is 27.7. The van der Waals surface area contributed by atoms with Crippen LogP contribution >= 0.6 is 0 Å². The summed E-state index contributed by atoms with van der Waals surface area (Å²) in [6, 6.07) is 7.51. The molecule has 0 saturated heterocycles. The van der Waals surface area contributed by atoms with Gasteiger partial charge in [-0.2, -0.15) is 5.10 Å². The maximum Gasteiger partial charge on any atom is 0.337 e. The number of urea groups is 1. The minimum atomic E-state index is -1.11. The summed E-state index contributed by atoms with van der Waals surface area (Å²) in [6.07, 6.45) is 0.357. The molecule has 1 aliphatic rings. The lowest BCUT2D eigenvalue weighted by atomic mass is 9.95. The van der Waals surface area contributed by atoms with Crippen molar-refractivity contribution in [2.24, 2.45) is 5.10 Å². The van der Waals surface area contributed by atoms with Gasteiger partial charge in [0, 0.05) is 24.9 Å². The molecule has 0 unspecified atom stereocenters. The second kappa shape index (κ2) is 13.4. The third kappa shape index (κ3) is 6.97. The van der Waals surface area contributed by atoms with E-state index >= 15 is 0 Å². The second-order valence-corrected chi connectivity index (χ2v) is 8.26. The largest absolute Gasteiger partial charge is 0.490 e. The third-order valence-corrected chi connectivity index (χ3v) is 5.78. The highest BCUT2D eigenvalue weighted by Crippen LogP contribution is 2.34. The molecule has 38 heavy (non-hydrogen) atoms. The van der Waals surface area contributed by atoms with Crippen LogP contribution in [0.5, 0.6) is 11.5 Å². The number of hydrazone groups is 1. The fourth-order valence-electron chi connectivity index (χ4n) is 3.93. The van der Waals surface area contributed by atoms with Crippen molar-refractivity contribution < 1.29 is 33.3 Å². The molecule has 0 saturated carbocycles. The van der Waals surface area contributed by atoms with E-state index in [4.69, 9.17) is 18.6 Å². The maximum absolute atomic E-state index is 12.4. The smallest absolute Gasteiger partial charge is 0.337 e. The Hall–Kier alpha value is -4.19. The normalized spacial score (nSPS) is 16.1. The number of hydrogen-bond acceptors (Lipinski definition) is 10. The van der Waals surface area contributed by atoms with Crippen LogP contribution in [0.25, 0.3) is 0 Å². The number of aliphatic hydroxyl groups excluding tert-OH is 1. The van der Waals surface area contributed by atoms with Gasteiger partial charge in [0.1, 0.15) is 12.4 Å². The van der Waals surface area contributed by atoms with Crippen LogP contribution in [-0.2, 0) is 9.53 Å². The number of ether oxygens (including phenoxy) is 3. The molecule has 206 valence electrons. The number of amides is 2. The molecule has 0 fully saturated rings. The number of carbonyl (C=O) groups is 2. The number of carbonyl (C=O) groups excluding carboxylic acids is 2. The summed E-state index contributed by atoms with van der Waals surface area (Å²) in [6.45, 7) is 9.42. The monoisotopic (exact) mass is 529 g/mol. The number of esters is 1. The van der Waals surface area contributed by atoms with Crippen molar-refractivity contribution in [1.82, 2.24) is 16.1 Å². The SMILES string of the molecule is CCOc1cc([C@@H]2NC(=O)NC(C)=C2C(=O)OC)ccc1OC[C@H](O)N/N=C\c1ccc(N(CC)CC)o1. The van der Waals surface area contributed by atoms with Gasteiger partial charge in [-0.1, -0.05) is 6.07 Å².